The molecule has 2 saturated heterocycles. The average Bonchev–Trinajstić information content (AvgIpc) is 2.81. The Morgan fingerprint density at radius 1 is 1.20 bits per heavy atom. The van der Waals surface area contributed by atoms with Crippen molar-refractivity contribution in [3.63, 3.8) is 0 Å². The number of carbonyl (C=O) groups is 2. The molecule has 0 bridgehead atoms. The van der Waals surface area contributed by atoms with E-state index in [2.05, 4.69) is 15.2 Å². The smallest absolute Gasteiger partial charge is 0.324 e. The van der Waals surface area contributed by atoms with E-state index in [1.165, 1.54) is 10.5 Å². The summed E-state index contributed by atoms with van der Waals surface area (Å²) >= 11 is 0. The Bertz CT molecular complexity index is 481. The van der Waals surface area contributed by atoms with Gasteiger partial charge in [-0.05, 0) is 30.5 Å². The maximum absolute atomic E-state index is 11.7. The molecule has 6 nitrogen and oxygen atoms in total. The molecule has 0 radical (unpaired) electrons. The molecule has 20 heavy (non-hydrogen) atoms. The van der Waals surface area contributed by atoms with Crippen molar-refractivity contribution in [1.29, 1.82) is 0 Å². The van der Waals surface area contributed by atoms with E-state index in [1.54, 1.807) is 12.4 Å². The van der Waals surface area contributed by atoms with E-state index >= 15 is 0 Å². The zero-order valence-corrected chi connectivity index (χ0v) is 11.3. The molecular formula is C14H18N4O2. The van der Waals surface area contributed by atoms with Crippen LogP contribution in [0.1, 0.15) is 18.4 Å². The van der Waals surface area contributed by atoms with E-state index in [0.717, 1.165) is 32.5 Å². The molecule has 3 heterocycles. The van der Waals surface area contributed by atoms with Crippen molar-refractivity contribution in [2.45, 2.75) is 25.4 Å². The quantitative estimate of drug-likeness (QED) is 0.820. The Kier molecular flexibility index (Phi) is 3.64. The van der Waals surface area contributed by atoms with E-state index in [1.807, 2.05) is 12.1 Å². The number of likely N-dealkylation sites (tertiary alicyclic amines) is 1. The molecular weight excluding hydrogens is 256 g/mol. The fourth-order valence-electron chi connectivity index (χ4n) is 2.89. The number of hydrogen-bond donors (Lipinski definition) is 1. The molecule has 0 aliphatic carbocycles. The van der Waals surface area contributed by atoms with Crippen LogP contribution in [0.5, 0.6) is 0 Å². The normalized spacial score (nSPS) is 21.3. The van der Waals surface area contributed by atoms with Gasteiger partial charge in [0, 0.05) is 38.1 Å². The first-order chi connectivity index (χ1) is 9.74. The van der Waals surface area contributed by atoms with E-state index in [4.69, 9.17) is 0 Å². The summed E-state index contributed by atoms with van der Waals surface area (Å²) in [5, 5.41) is 2.58. The summed E-state index contributed by atoms with van der Waals surface area (Å²) in [5.41, 5.74) is 1.24. The van der Waals surface area contributed by atoms with Gasteiger partial charge in [-0.25, -0.2) is 4.79 Å². The van der Waals surface area contributed by atoms with Crippen LogP contribution in [0, 0.1) is 0 Å². The van der Waals surface area contributed by atoms with Crippen LogP contribution in [0.3, 0.4) is 0 Å². The summed E-state index contributed by atoms with van der Waals surface area (Å²) < 4.78 is 0. The summed E-state index contributed by atoms with van der Waals surface area (Å²) in [4.78, 5) is 31.1. The lowest BCUT2D eigenvalue weighted by Gasteiger charge is -2.35. The predicted octanol–water partition coefficient (Wildman–Crippen LogP) is 0.598. The van der Waals surface area contributed by atoms with Gasteiger partial charge in [0.2, 0.25) is 5.91 Å². The van der Waals surface area contributed by atoms with Crippen LogP contribution < -0.4 is 5.32 Å². The zero-order valence-electron chi connectivity index (χ0n) is 11.3. The molecule has 3 rings (SSSR count). The van der Waals surface area contributed by atoms with Crippen molar-refractivity contribution < 1.29 is 9.59 Å². The van der Waals surface area contributed by atoms with E-state index in [-0.39, 0.29) is 24.5 Å². The minimum atomic E-state index is -0.234. The van der Waals surface area contributed by atoms with Crippen molar-refractivity contribution in [3.05, 3.63) is 30.1 Å². The average molecular weight is 274 g/mol. The standard InChI is InChI=1S/C14H18N4O2/c19-13-9-16-14(20)18(13)12-3-7-17(8-4-12)10-11-1-5-15-6-2-11/h1-2,5-6,12H,3-4,7-10H2,(H,16,20). The van der Waals surface area contributed by atoms with Gasteiger partial charge in [-0.1, -0.05) is 0 Å². The predicted molar refractivity (Wildman–Crippen MR) is 72.8 cm³/mol. The van der Waals surface area contributed by atoms with E-state index in [0.29, 0.717) is 0 Å². The van der Waals surface area contributed by atoms with Crippen molar-refractivity contribution in [3.8, 4) is 0 Å². The number of carbonyl (C=O) groups excluding carboxylic acids is 2. The number of nitrogens with one attached hydrogen (secondary N) is 1. The molecule has 2 aliphatic rings. The first kappa shape index (κ1) is 13.1. The third kappa shape index (κ3) is 2.65. The van der Waals surface area contributed by atoms with Crippen LogP contribution in [-0.2, 0) is 11.3 Å². The van der Waals surface area contributed by atoms with Gasteiger partial charge < -0.3 is 5.32 Å². The molecule has 1 N–H and O–H groups in total. The van der Waals surface area contributed by atoms with Crippen LogP contribution in [0.15, 0.2) is 24.5 Å². The molecule has 2 fully saturated rings. The van der Waals surface area contributed by atoms with Gasteiger partial charge in [-0.2, -0.15) is 0 Å². The minimum absolute atomic E-state index is 0.0543. The Labute approximate surface area is 117 Å². The summed E-state index contributed by atoms with van der Waals surface area (Å²) in [6.45, 7) is 2.86. The van der Waals surface area contributed by atoms with Gasteiger partial charge in [0.05, 0.1) is 6.54 Å². The first-order valence-corrected chi connectivity index (χ1v) is 6.95. The maximum Gasteiger partial charge on any atom is 0.324 e. The molecule has 1 aromatic heterocycles. The Hall–Kier alpha value is -1.95. The minimum Gasteiger partial charge on any atom is -0.329 e. The van der Waals surface area contributed by atoms with Crippen LogP contribution in [0.25, 0.3) is 0 Å². The molecule has 0 unspecified atom stereocenters. The van der Waals surface area contributed by atoms with Gasteiger partial charge >= 0.3 is 6.03 Å². The molecule has 106 valence electrons. The third-order valence-electron chi connectivity index (χ3n) is 3.96. The highest BCUT2D eigenvalue weighted by Crippen LogP contribution is 2.20. The number of amides is 3. The summed E-state index contributed by atoms with van der Waals surface area (Å²) in [6, 6.07) is 3.86. The highest BCUT2D eigenvalue weighted by atomic mass is 16.2. The molecule has 0 saturated carbocycles. The Morgan fingerprint density at radius 2 is 1.90 bits per heavy atom. The molecule has 0 aromatic carbocycles. The van der Waals surface area contributed by atoms with Crippen LogP contribution >= 0.6 is 0 Å². The zero-order chi connectivity index (χ0) is 13.9. The largest absolute Gasteiger partial charge is 0.329 e. The number of piperidine rings is 1. The second-order valence-corrected chi connectivity index (χ2v) is 5.29. The monoisotopic (exact) mass is 274 g/mol. The number of aromatic nitrogens is 1. The lowest BCUT2D eigenvalue weighted by molar-refractivity contribution is -0.127. The van der Waals surface area contributed by atoms with Gasteiger partial charge in [-0.3, -0.25) is 19.6 Å². The number of rotatable bonds is 3. The lowest BCUT2D eigenvalue weighted by atomic mass is 10.0. The first-order valence-electron chi connectivity index (χ1n) is 6.95. The summed E-state index contributed by atoms with van der Waals surface area (Å²) in [6.07, 6.45) is 5.30. The summed E-state index contributed by atoms with van der Waals surface area (Å²) in [7, 11) is 0. The van der Waals surface area contributed by atoms with E-state index in [9.17, 15) is 9.59 Å². The van der Waals surface area contributed by atoms with Gasteiger partial charge in [0.1, 0.15) is 0 Å². The molecule has 2 aliphatic heterocycles. The SMILES string of the molecule is O=C1CNC(=O)N1C1CCN(Cc2ccncc2)CC1. The van der Waals surface area contributed by atoms with Crippen molar-refractivity contribution in [2.75, 3.05) is 19.6 Å². The molecule has 3 amide bonds. The molecule has 6 heteroatoms. The number of urea groups is 1. The topological polar surface area (TPSA) is 65.5 Å². The fraction of sp³-hybridized carbons (Fsp3) is 0.500. The van der Waals surface area contributed by atoms with Crippen molar-refractivity contribution >= 4 is 11.9 Å². The molecule has 0 atom stereocenters. The molecule has 1 aromatic rings. The lowest BCUT2D eigenvalue weighted by Crippen LogP contribution is -2.47. The Morgan fingerprint density at radius 3 is 2.50 bits per heavy atom. The maximum atomic E-state index is 11.7. The van der Waals surface area contributed by atoms with Crippen LogP contribution in [0.2, 0.25) is 0 Å². The molecule has 0 spiro atoms. The van der Waals surface area contributed by atoms with Gasteiger partial charge in [0.25, 0.3) is 0 Å². The van der Waals surface area contributed by atoms with Crippen molar-refractivity contribution in [2.24, 2.45) is 0 Å². The number of imide groups is 1. The highest BCUT2D eigenvalue weighted by molar-refractivity contribution is 6.02. The Balaban J connectivity index is 1.55. The number of pyridine rings is 1. The number of hydrogen-bond acceptors (Lipinski definition) is 4. The highest BCUT2D eigenvalue weighted by Gasteiger charge is 2.36. The fourth-order valence-corrected chi connectivity index (χ4v) is 2.89. The van der Waals surface area contributed by atoms with Crippen molar-refractivity contribution in [1.82, 2.24) is 20.1 Å². The van der Waals surface area contributed by atoms with Gasteiger partial charge in [0.15, 0.2) is 0 Å². The second-order valence-electron chi connectivity index (χ2n) is 5.29. The van der Waals surface area contributed by atoms with E-state index < -0.39 is 0 Å². The number of nitrogens with zero attached hydrogens (tertiary/aromatic N) is 3. The summed E-state index contributed by atoms with van der Waals surface area (Å²) in [5.74, 6) is -0.0948. The van der Waals surface area contributed by atoms with Crippen LogP contribution in [0.4, 0.5) is 4.79 Å². The third-order valence-corrected chi connectivity index (χ3v) is 3.96. The second kappa shape index (κ2) is 5.58. The van der Waals surface area contributed by atoms with Gasteiger partial charge in [-0.15, -0.1) is 0 Å². The van der Waals surface area contributed by atoms with Crippen LogP contribution in [-0.4, -0.2) is 52.4 Å².